The van der Waals surface area contributed by atoms with Gasteiger partial charge in [-0.25, -0.2) is 0 Å². The molecule has 0 unspecified atom stereocenters. The summed E-state index contributed by atoms with van der Waals surface area (Å²) in [5.74, 6) is 0.125. The number of aromatic hydroxyl groups is 1. The number of phenolic OH excluding ortho intramolecular Hbond substituents is 1. The van der Waals surface area contributed by atoms with E-state index in [2.05, 4.69) is 20.9 Å². The third-order valence-corrected chi connectivity index (χ3v) is 4.92. The molecule has 0 fully saturated rings. The molecule has 0 atom stereocenters. The lowest BCUT2D eigenvalue weighted by Crippen LogP contribution is -2.01. The number of nitrogens with zero attached hydrogens (tertiary/aromatic N) is 1. The molecule has 3 aromatic rings. The molecule has 0 aliphatic carbocycles. The van der Waals surface area contributed by atoms with Crippen molar-refractivity contribution in [2.45, 2.75) is 0 Å². The molecule has 0 spiro atoms. The van der Waals surface area contributed by atoms with E-state index in [0.717, 1.165) is 14.6 Å². The smallest absolute Gasteiger partial charge is 0.194 e. The van der Waals surface area contributed by atoms with Crippen molar-refractivity contribution in [3.63, 3.8) is 0 Å². The number of halogens is 1. The van der Waals surface area contributed by atoms with Crippen molar-refractivity contribution in [3.05, 3.63) is 62.8 Å². The highest BCUT2D eigenvalue weighted by atomic mass is 79.9. The first-order valence-electron chi connectivity index (χ1n) is 6.64. The number of aliphatic imine (C=N–C) groups is 1. The quantitative estimate of drug-likeness (QED) is 0.533. The summed E-state index contributed by atoms with van der Waals surface area (Å²) in [5.41, 5.74) is 0.637. The van der Waals surface area contributed by atoms with Crippen LogP contribution in [0.5, 0.6) is 5.75 Å². The molecule has 0 amide bonds. The zero-order valence-electron chi connectivity index (χ0n) is 11.5. The molecule has 3 rings (SSSR count). The molecule has 1 heterocycles. The van der Waals surface area contributed by atoms with Crippen LogP contribution in [0.15, 0.2) is 57.3 Å². The fraction of sp³-hybridized carbons (Fsp3) is 0.0588. The minimum atomic E-state index is -0.0355. The van der Waals surface area contributed by atoms with E-state index in [4.69, 9.17) is 0 Å². The molecule has 0 radical (unpaired) electrons. The molecular weight excluding hydrogens is 362 g/mol. The molecule has 0 saturated heterocycles. The minimum Gasteiger partial charge on any atom is -0.507 e. The average molecular weight is 374 g/mol. The largest absolute Gasteiger partial charge is 0.507 e. The van der Waals surface area contributed by atoms with Gasteiger partial charge in [0.05, 0.1) is 8.66 Å². The fourth-order valence-electron chi connectivity index (χ4n) is 2.18. The normalized spacial score (nSPS) is 11.3. The summed E-state index contributed by atoms with van der Waals surface area (Å²) in [6.07, 6.45) is 1.57. The maximum absolute atomic E-state index is 12.0. The van der Waals surface area contributed by atoms with Gasteiger partial charge in [-0.15, -0.1) is 11.3 Å². The van der Waals surface area contributed by atoms with Gasteiger partial charge in [0.25, 0.3) is 0 Å². The van der Waals surface area contributed by atoms with Crippen molar-refractivity contribution in [1.82, 2.24) is 0 Å². The molecule has 22 heavy (non-hydrogen) atoms. The maximum Gasteiger partial charge on any atom is 0.194 e. The Hall–Kier alpha value is -1.98. The summed E-state index contributed by atoms with van der Waals surface area (Å²) in [5, 5.41) is 12.0. The van der Waals surface area contributed by atoms with Crippen molar-refractivity contribution in [2.75, 3.05) is 6.54 Å². The second-order valence-corrected chi connectivity index (χ2v) is 7.18. The third-order valence-electron chi connectivity index (χ3n) is 3.25. The van der Waals surface area contributed by atoms with Gasteiger partial charge in [-0.05, 0) is 44.9 Å². The number of Topliss-reactive ketones (excluding diaryl/α,β-unsaturated/α-hetero) is 1. The number of hydrogen-bond donors (Lipinski definition) is 1. The van der Waals surface area contributed by atoms with E-state index in [1.165, 1.54) is 11.3 Å². The standard InChI is InChI=1S/C17H12BrNO2S/c18-17-8-7-16(22-17)15(21)10-19-9-13-12-4-2-1-3-11(12)5-6-14(13)20/h1-9,20H,10H2. The lowest BCUT2D eigenvalue weighted by atomic mass is 10.0. The fourth-order valence-corrected chi connectivity index (χ4v) is 3.50. The predicted octanol–water partition coefficient (Wildman–Crippen LogP) is 4.67. The predicted molar refractivity (Wildman–Crippen MR) is 94.4 cm³/mol. The number of benzene rings is 2. The third kappa shape index (κ3) is 3.10. The molecule has 0 aliphatic heterocycles. The Morgan fingerprint density at radius 2 is 2.00 bits per heavy atom. The Bertz CT molecular complexity index is 870. The van der Waals surface area contributed by atoms with Crippen LogP contribution in [-0.4, -0.2) is 23.6 Å². The van der Waals surface area contributed by atoms with Gasteiger partial charge in [0.15, 0.2) is 5.78 Å². The van der Waals surface area contributed by atoms with E-state index in [-0.39, 0.29) is 18.1 Å². The molecule has 2 aromatic carbocycles. The molecule has 1 N–H and O–H groups in total. The van der Waals surface area contributed by atoms with Crippen molar-refractivity contribution >= 4 is 50.0 Å². The van der Waals surface area contributed by atoms with Crippen LogP contribution in [0, 0.1) is 0 Å². The van der Waals surface area contributed by atoms with Crippen LogP contribution in [0.25, 0.3) is 10.8 Å². The van der Waals surface area contributed by atoms with Crippen molar-refractivity contribution in [2.24, 2.45) is 4.99 Å². The summed E-state index contributed by atoms with van der Waals surface area (Å²) in [6.45, 7) is 0.0651. The number of carbonyl (C=O) groups excluding carboxylic acids is 1. The van der Waals surface area contributed by atoms with Crippen LogP contribution < -0.4 is 0 Å². The first-order chi connectivity index (χ1) is 10.6. The number of hydrogen-bond acceptors (Lipinski definition) is 4. The van der Waals surface area contributed by atoms with Crippen LogP contribution in [0.2, 0.25) is 0 Å². The van der Waals surface area contributed by atoms with Gasteiger partial charge in [0, 0.05) is 11.8 Å². The summed E-state index contributed by atoms with van der Waals surface area (Å²) in [6, 6.07) is 14.9. The van der Waals surface area contributed by atoms with E-state index in [0.29, 0.717) is 10.4 Å². The monoisotopic (exact) mass is 373 g/mol. The van der Waals surface area contributed by atoms with Gasteiger partial charge in [0.1, 0.15) is 12.3 Å². The Morgan fingerprint density at radius 1 is 1.18 bits per heavy atom. The van der Waals surface area contributed by atoms with Gasteiger partial charge in [-0.3, -0.25) is 9.79 Å². The van der Waals surface area contributed by atoms with Crippen LogP contribution in [-0.2, 0) is 0 Å². The summed E-state index contributed by atoms with van der Waals surface area (Å²) in [7, 11) is 0. The van der Waals surface area contributed by atoms with Gasteiger partial charge < -0.3 is 5.11 Å². The highest BCUT2D eigenvalue weighted by Gasteiger charge is 2.08. The molecule has 110 valence electrons. The van der Waals surface area contributed by atoms with E-state index < -0.39 is 0 Å². The Balaban J connectivity index is 1.84. The van der Waals surface area contributed by atoms with E-state index in [1.54, 1.807) is 18.3 Å². The molecule has 3 nitrogen and oxygen atoms in total. The highest BCUT2D eigenvalue weighted by Crippen LogP contribution is 2.26. The Kier molecular flexibility index (Phi) is 4.36. The number of carbonyl (C=O) groups is 1. The van der Waals surface area contributed by atoms with Crippen molar-refractivity contribution in [3.8, 4) is 5.75 Å². The number of ketones is 1. The van der Waals surface area contributed by atoms with Gasteiger partial charge in [0.2, 0.25) is 0 Å². The van der Waals surface area contributed by atoms with Crippen LogP contribution in [0.4, 0.5) is 0 Å². The molecule has 1 aromatic heterocycles. The zero-order chi connectivity index (χ0) is 15.5. The van der Waals surface area contributed by atoms with Crippen molar-refractivity contribution in [1.29, 1.82) is 0 Å². The molecule has 0 bridgehead atoms. The second kappa shape index (κ2) is 6.42. The SMILES string of the molecule is O=C(CN=Cc1c(O)ccc2ccccc12)c1ccc(Br)s1. The van der Waals surface area contributed by atoms with Crippen LogP contribution >= 0.6 is 27.3 Å². The van der Waals surface area contributed by atoms with E-state index in [1.807, 2.05) is 36.4 Å². The second-order valence-electron chi connectivity index (χ2n) is 4.72. The zero-order valence-corrected chi connectivity index (χ0v) is 13.9. The number of rotatable bonds is 4. The molecule has 0 aliphatic rings. The highest BCUT2D eigenvalue weighted by molar-refractivity contribution is 9.11. The first-order valence-corrected chi connectivity index (χ1v) is 8.25. The Morgan fingerprint density at radius 3 is 2.77 bits per heavy atom. The van der Waals surface area contributed by atoms with Gasteiger partial charge in [-0.2, -0.15) is 0 Å². The van der Waals surface area contributed by atoms with E-state index in [9.17, 15) is 9.90 Å². The molecule has 5 heteroatoms. The average Bonchev–Trinajstić information content (AvgIpc) is 2.96. The van der Waals surface area contributed by atoms with Crippen molar-refractivity contribution < 1.29 is 9.90 Å². The van der Waals surface area contributed by atoms with Gasteiger partial charge >= 0.3 is 0 Å². The minimum absolute atomic E-state index is 0.0355. The summed E-state index contributed by atoms with van der Waals surface area (Å²) in [4.78, 5) is 16.9. The number of phenols is 1. The molecule has 0 saturated carbocycles. The topological polar surface area (TPSA) is 49.7 Å². The van der Waals surface area contributed by atoms with Gasteiger partial charge in [-0.1, -0.05) is 30.3 Å². The number of thiophene rings is 1. The first kappa shape index (κ1) is 14.9. The Labute approximate surface area is 140 Å². The lowest BCUT2D eigenvalue weighted by Gasteiger charge is -2.04. The summed E-state index contributed by atoms with van der Waals surface area (Å²) < 4.78 is 0.923. The lowest BCUT2D eigenvalue weighted by molar-refractivity contribution is 0.101. The van der Waals surface area contributed by atoms with Crippen LogP contribution in [0.3, 0.4) is 0 Å². The number of fused-ring (bicyclic) bond motifs is 1. The van der Waals surface area contributed by atoms with Crippen LogP contribution in [0.1, 0.15) is 15.2 Å². The summed E-state index contributed by atoms with van der Waals surface area (Å²) >= 11 is 4.73. The van der Waals surface area contributed by atoms with E-state index >= 15 is 0 Å². The molecular formula is C17H12BrNO2S. The maximum atomic E-state index is 12.0.